The molecule has 19 heavy (non-hydrogen) atoms. The third kappa shape index (κ3) is 3.11. The Kier molecular flexibility index (Phi) is 4.66. The smallest absolute Gasteiger partial charge is 0.330 e. The van der Waals surface area contributed by atoms with Gasteiger partial charge in [-0.2, -0.15) is 0 Å². The highest BCUT2D eigenvalue weighted by Crippen LogP contribution is 1.98. The van der Waals surface area contributed by atoms with Gasteiger partial charge in [0.1, 0.15) is 0 Å². The van der Waals surface area contributed by atoms with Crippen molar-refractivity contribution in [3.63, 3.8) is 0 Å². The molecule has 1 unspecified atom stereocenters. The van der Waals surface area contributed by atoms with Gasteiger partial charge in [-0.15, -0.1) is 0 Å². The second-order valence-electron chi connectivity index (χ2n) is 4.62. The highest BCUT2D eigenvalue weighted by atomic mass is 16.2. The molecule has 1 heterocycles. The number of likely N-dealkylation sites (N-methyl/N-ethyl adjacent to an activating group) is 2. The summed E-state index contributed by atoms with van der Waals surface area (Å²) in [4.78, 5) is 36.9. The van der Waals surface area contributed by atoms with Crippen molar-refractivity contribution in [2.24, 2.45) is 14.1 Å². The number of carbonyl (C=O) groups excluding carboxylic acids is 1. The molecule has 1 N–H and O–H groups in total. The Morgan fingerprint density at radius 3 is 2.53 bits per heavy atom. The Bertz CT molecular complexity index is 588. The standard InChI is InChI=1S/C12H20N4O3/c1-8(13-2)10(17)14(3)6-9-7-15(4)12(19)16(5)11(9)18/h7-8,13H,6H2,1-5H3. The molecule has 1 aromatic rings. The average Bonchev–Trinajstić information content (AvgIpc) is 2.40. The van der Waals surface area contributed by atoms with E-state index in [1.54, 1.807) is 28.1 Å². The Morgan fingerprint density at radius 2 is 2.00 bits per heavy atom. The molecule has 1 rings (SSSR count). The summed E-state index contributed by atoms with van der Waals surface area (Å²) in [5.74, 6) is -0.113. The molecule has 1 amide bonds. The summed E-state index contributed by atoms with van der Waals surface area (Å²) >= 11 is 0. The monoisotopic (exact) mass is 268 g/mol. The van der Waals surface area contributed by atoms with Crippen LogP contribution in [0.25, 0.3) is 0 Å². The van der Waals surface area contributed by atoms with Gasteiger partial charge in [-0.1, -0.05) is 0 Å². The van der Waals surface area contributed by atoms with Crippen molar-refractivity contribution in [1.29, 1.82) is 0 Å². The van der Waals surface area contributed by atoms with Gasteiger partial charge in [0.2, 0.25) is 5.91 Å². The Labute approximate surface area is 111 Å². The van der Waals surface area contributed by atoms with Crippen LogP contribution in [0, 0.1) is 0 Å². The van der Waals surface area contributed by atoms with E-state index in [0.717, 1.165) is 4.57 Å². The van der Waals surface area contributed by atoms with E-state index in [9.17, 15) is 14.4 Å². The fraction of sp³-hybridized carbons (Fsp3) is 0.583. The number of carbonyl (C=O) groups is 1. The third-order valence-corrected chi connectivity index (χ3v) is 3.10. The van der Waals surface area contributed by atoms with Crippen LogP contribution in [0.2, 0.25) is 0 Å². The van der Waals surface area contributed by atoms with Gasteiger partial charge in [-0.25, -0.2) is 4.79 Å². The molecule has 1 atom stereocenters. The van der Waals surface area contributed by atoms with E-state index in [-0.39, 0.29) is 29.7 Å². The second kappa shape index (κ2) is 5.83. The number of rotatable bonds is 4. The van der Waals surface area contributed by atoms with Gasteiger partial charge >= 0.3 is 5.69 Å². The Morgan fingerprint density at radius 1 is 1.42 bits per heavy atom. The summed E-state index contributed by atoms with van der Waals surface area (Å²) in [6.45, 7) is 1.92. The van der Waals surface area contributed by atoms with E-state index < -0.39 is 0 Å². The van der Waals surface area contributed by atoms with Crippen molar-refractivity contribution in [2.75, 3.05) is 14.1 Å². The Hall–Kier alpha value is -1.89. The molecule has 7 nitrogen and oxygen atoms in total. The van der Waals surface area contributed by atoms with Crippen molar-refractivity contribution < 1.29 is 4.79 Å². The Balaban J connectivity index is 3.05. The van der Waals surface area contributed by atoms with Crippen molar-refractivity contribution >= 4 is 5.91 Å². The minimum absolute atomic E-state index is 0.113. The summed E-state index contributed by atoms with van der Waals surface area (Å²) in [7, 11) is 6.32. The lowest BCUT2D eigenvalue weighted by molar-refractivity contribution is -0.132. The first-order valence-corrected chi connectivity index (χ1v) is 5.97. The zero-order valence-corrected chi connectivity index (χ0v) is 11.9. The largest absolute Gasteiger partial charge is 0.340 e. The van der Waals surface area contributed by atoms with E-state index in [4.69, 9.17) is 0 Å². The lowest BCUT2D eigenvalue weighted by Gasteiger charge is -2.21. The number of amides is 1. The third-order valence-electron chi connectivity index (χ3n) is 3.10. The van der Waals surface area contributed by atoms with Crippen molar-refractivity contribution in [2.45, 2.75) is 19.5 Å². The summed E-state index contributed by atoms with van der Waals surface area (Å²) in [6.07, 6.45) is 1.47. The molecule has 0 bridgehead atoms. The zero-order valence-electron chi connectivity index (χ0n) is 11.9. The lowest BCUT2D eigenvalue weighted by Crippen LogP contribution is -2.44. The number of hydrogen-bond acceptors (Lipinski definition) is 4. The highest BCUT2D eigenvalue weighted by molar-refractivity contribution is 5.81. The first kappa shape index (κ1) is 15.2. The summed E-state index contributed by atoms with van der Waals surface area (Å²) in [5, 5.41) is 2.85. The minimum atomic E-state index is -0.383. The van der Waals surface area contributed by atoms with Crippen LogP contribution in [0.15, 0.2) is 15.8 Å². The maximum Gasteiger partial charge on any atom is 0.330 e. The molecular weight excluding hydrogens is 248 g/mol. The minimum Gasteiger partial charge on any atom is -0.340 e. The molecule has 7 heteroatoms. The van der Waals surface area contributed by atoms with E-state index in [1.807, 2.05) is 0 Å². The van der Waals surface area contributed by atoms with Crippen LogP contribution in [0.3, 0.4) is 0 Å². The fourth-order valence-electron chi connectivity index (χ4n) is 1.78. The van der Waals surface area contributed by atoms with Gasteiger partial charge in [-0.05, 0) is 14.0 Å². The molecule has 0 radical (unpaired) electrons. The molecule has 106 valence electrons. The van der Waals surface area contributed by atoms with Crippen LogP contribution in [0.4, 0.5) is 0 Å². The molecule has 0 aliphatic heterocycles. The topological polar surface area (TPSA) is 76.3 Å². The summed E-state index contributed by atoms with van der Waals surface area (Å²) in [5.41, 5.74) is -0.352. The average molecular weight is 268 g/mol. The fourth-order valence-corrected chi connectivity index (χ4v) is 1.78. The number of nitrogens with zero attached hydrogens (tertiary/aromatic N) is 3. The van der Waals surface area contributed by atoms with Gasteiger partial charge in [0.25, 0.3) is 5.56 Å². The van der Waals surface area contributed by atoms with Gasteiger partial charge in [0, 0.05) is 27.3 Å². The zero-order chi connectivity index (χ0) is 14.7. The lowest BCUT2D eigenvalue weighted by atomic mass is 10.2. The first-order valence-electron chi connectivity index (χ1n) is 5.97. The van der Waals surface area contributed by atoms with Gasteiger partial charge < -0.3 is 14.8 Å². The first-order chi connectivity index (χ1) is 8.79. The predicted molar refractivity (Wildman–Crippen MR) is 71.9 cm³/mol. The molecule has 0 spiro atoms. The molecule has 0 aromatic carbocycles. The number of nitrogens with one attached hydrogen (secondary N) is 1. The number of aromatic nitrogens is 2. The number of hydrogen-bond donors (Lipinski definition) is 1. The van der Waals surface area contributed by atoms with Gasteiger partial charge in [0.05, 0.1) is 18.2 Å². The highest BCUT2D eigenvalue weighted by Gasteiger charge is 2.17. The summed E-state index contributed by atoms with van der Waals surface area (Å²) in [6, 6.07) is -0.318. The van der Waals surface area contributed by atoms with Crippen LogP contribution < -0.4 is 16.6 Å². The van der Waals surface area contributed by atoms with Crippen molar-refractivity contribution in [3.8, 4) is 0 Å². The summed E-state index contributed by atoms with van der Waals surface area (Å²) < 4.78 is 2.37. The molecule has 0 aliphatic carbocycles. The van der Waals surface area contributed by atoms with E-state index in [0.29, 0.717) is 5.56 Å². The SMILES string of the molecule is CNC(C)C(=O)N(C)Cc1cn(C)c(=O)n(C)c1=O. The predicted octanol–water partition coefficient (Wildman–Crippen LogP) is -1.35. The van der Waals surface area contributed by atoms with Gasteiger partial charge in [0.15, 0.2) is 0 Å². The molecular formula is C12H20N4O3. The van der Waals surface area contributed by atoms with E-state index >= 15 is 0 Å². The molecule has 0 aliphatic rings. The van der Waals surface area contributed by atoms with Crippen molar-refractivity contribution in [1.82, 2.24) is 19.4 Å². The molecule has 0 saturated heterocycles. The molecule has 0 saturated carbocycles. The maximum atomic E-state index is 11.9. The normalized spacial score (nSPS) is 12.3. The second-order valence-corrected chi connectivity index (χ2v) is 4.62. The quantitative estimate of drug-likeness (QED) is 0.732. The van der Waals surface area contributed by atoms with Crippen LogP contribution in [0.5, 0.6) is 0 Å². The van der Waals surface area contributed by atoms with Crippen LogP contribution in [-0.2, 0) is 25.4 Å². The van der Waals surface area contributed by atoms with Crippen molar-refractivity contribution in [3.05, 3.63) is 32.6 Å². The maximum absolute atomic E-state index is 11.9. The van der Waals surface area contributed by atoms with Crippen LogP contribution in [0.1, 0.15) is 12.5 Å². The molecule has 0 fully saturated rings. The number of aryl methyl sites for hydroxylation is 1. The molecule has 1 aromatic heterocycles. The van der Waals surface area contributed by atoms with Crippen LogP contribution in [-0.4, -0.2) is 40.1 Å². The van der Waals surface area contributed by atoms with Crippen LogP contribution >= 0.6 is 0 Å². The van der Waals surface area contributed by atoms with E-state index in [1.165, 1.54) is 22.7 Å². The van der Waals surface area contributed by atoms with Gasteiger partial charge in [-0.3, -0.25) is 14.2 Å². The van der Waals surface area contributed by atoms with E-state index in [2.05, 4.69) is 5.32 Å².